The molecular formula is C12H17ClN2O. The number of rotatable bonds is 3. The maximum absolute atomic E-state index is 5.86. The van der Waals surface area contributed by atoms with Crippen molar-refractivity contribution in [3.8, 4) is 0 Å². The number of aryl methyl sites for hydroxylation is 1. The standard InChI is InChI=1S/C12H17ClN2O/c1-8-5-10(6-15-12(8)13)14-7-11-4-3-9(2)16-11/h5-6,9,11,14H,3-4,7H2,1-2H3. The van der Waals surface area contributed by atoms with Gasteiger partial charge in [0.15, 0.2) is 0 Å². The zero-order chi connectivity index (χ0) is 11.5. The lowest BCUT2D eigenvalue weighted by molar-refractivity contribution is 0.0637. The van der Waals surface area contributed by atoms with Gasteiger partial charge in [-0.15, -0.1) is 0 Å². The van der Waals surface area contributed by atoms with Crippen LogP contribution in [0.4, 0.5) is 5.69 Å². The van der Waals surface area contributed by atoms with E-state index in [9.17, 15) is 0 Å². The van der Waals surface area contributed by atoms with Crippen LogP contribution in [-0.2, 0) is 4.74 Å². The van der Waals surface area contributed by atoms with Gasteiger partial charge >= 0.3 is 0 Å². The summed E-state index contributed by atoms with van der Waals surface area (Å²) in [5, 5.41) is 3.90. The van der Waals surface area contributed by atoms with Gasteiger partial charge < -0.3 is 10.1 Å². The van der Waals surface area contributed by atoms with Gasteiger partial charge in [0, 0.05) is 6.54 Å². The molecule has 88 valence electrons. The van der Waals surface area contributed by atoms with Gasteiger partial charge in [0.1, 0.15) is 5.15 Å². The molecule has 1 N–H and O–H groups in total. The minimum atomic E-state index is 0.325. The first kappa shape index (κ1) is 11.7. The number of hydrogen-bond acceptors (Lipinski definition) is 3. The van der Waals surface area contributed by atoms with E-state index in [0.29, 0.717) is 17.4 Å². The average molecular weight is 241 g/mol. The summed E-state index contributed by atoms with van der Waals surface area (Å²) >= 11 is 5.86. The molecule has 1 saturated heterocycles. The van der Waals surface area contributed by atoms with Gasteiger partial charge in [0.05, 0.1) is 24.1 Å². The lowest BCUT2D eigenvalue weighted by Gasteiger charge is -2.13. The van der Waals surface area contributed by atoms with E-state index in [0.717, 1.165) is 30.6 Å². The Morgan fingerprint density at radius 2 is 2.38 bits per heavy atom. The molecule has 2 atom stereocenters. The molecule has 2 unspecified atom stereocenters. The maximum Gasteiger partial charge on any atom is 0.132 e. The fourth-order valence-corrected chi connectivity index (χ4v) is 2.03. The number of anilines is 1. The summed E-state index contributed by atoms with van der Waals surface area (Å²) in [7, 11) is 0. The van der Waals surface area contributed by atoms with Crippen molar-refractivity contribution in [3.05, 3.63) is 23.0 Å². The highest BCUT2D eigenvalue weighted by atomic mass is 35.5. The maximum atomic E-state index is 5.86. The van der Waals surface area contributed by atoms with Crippen LogP contribution < -0.4 is 5.32 Å². The Morgan fingerprint density at radius 3 is 3.00 bits per heavy atom. The van der Waals surface area contributed by atoms with Crippen LogP contribution in [0.1, 0.15) is 25.3 Å². The molecule has 0 amide bonds. The molecule has 0 aliphatic carbocycles. The highest BCUT2D eigenvalue weighted by Crippen LogP contribution is 2.20. The van der Waals surface area contributed by atoms with Gasteiger partial charge in [0.25, 0.3) is 0 Å². The van der Waals surface area contributed by atoms with Crippen LogP contribution in [0.25, 0.3) is 0 Å². The van der Waals surface area contributed by atoms with Crippen LogP contribution >= 0.6 is 11.6 Å². The summed E-state index contributed by atoms with van der Waals surface area (Å²) in [4.78, 5) is 4.10. The summed E-state index contributed by atoms with van der Waals surface area (Å²) < 4.78 is 5.73. The minimum Gasteiger partial charge on any atom is -0.381 e. The summed E-state index contributed by atoms with van der Waals surface area (Å²) in [6.07, 6.45) is 4.77. The first-order chi connectivity index (χ1) is 7.65. The quantitative estimate of drug-likeness (QED) is 0.825. The van der Waals surface area contributed by atoms with E-state index in [-0.39, 0.29) is 0 Å². The molecule has 1 aromatic heterocycles. The molecule has 0 aromatic carbocycles. The van der Waals surface area contributed by atoms with Crippen LogP contribution in [0, 0.1) is 6.92 Å². The van der Waals surface area contributed by atoms with E-state index in [1.807, 2.05) is 13.0 Å². The highest BCUT2D eigenvalue weighted by Gasteiger charge is 2.21. The van der Waals surface area contributed by atoms with Crippen molar-refractivity contribution in [1.29, 1.82) is 0 Å². The second kappa shape index (κ2) is 5.02. The second-order valence-corrected chi connectivity index (χ2v) is 4.72. The lowest BCUT2D eigenvalue weighted by atomic mass is 10.2. The zero-order valence-electron chi connectivity index (χ0n) is 9.66. The molecule has 4 heteroatoms. The van der Waals surface area contributed by atoms with Crippen molar-refractivity contribution in [2.24, 2.45) is 0 Å². The van der Waals surface area contributed by atoms with Crippen molar-refractivity contribution >= 4 is 17.3 Å². The van der Waals surface area contributed by atoms with Crippen molar-refractivity contribution in [3.63, 3.8) is 0 Å². The highest BCUT2D eigenvalue weighted by molar-refractivity contribution is 6.30. The third kappa shape index (κ3) is 2.86. The van der Waals surface area contributed by atoms with Crippen LogP contribution in [0.5, 0.6) is 0 Å². The number of hydrogen-bond donors (Lipinski definition) is 1. The molecule has 3 nitrogen and oxygen atoms in total. The Hall–Kier alpha value is -0.800. The molecule has 1 aromatic rings. The fourth-order valence-electron chi connectivity index (χ4n) is 1.92. The summed E-state index contributed by atoms with van der Waals surface area (Å²) in [5.41, 5.74) is 2.00. The van der Waals surface area contributed by atoms with Crippen molar-refractivity contribution in [2.75, 3.05) is 11.9 Å². The molecule has 2 heterocycles. The van der Waals surface area contributed by atoms with Gasteiger partial charge in [-0.25, -0.2) is 4.98 Å². The summed E-state index contributed by atoms with van der Waals surface area (Å²) in [6.45, 7) is 4.91. The summed E-state index contributed by atoms with van der Waals surface area (Å²) in [6, 6.07) is 2.01. The third-order valence-corrected chi connectivity index (χ3v) is 3.26. The largest absolute Gasteiger partial charge is 0.381 e. The topological polar surface area (TPSA) is 34.1 Å². The minimum absolute atomic E-state index is 0.325. The van der Waals surface area contributed by atoms with E-state index in [2.05, 4.69) is 17.2 Å². The molecule has 16 heavy (non-hydrogen) atoms. The second-order valence-electron chi connectivity index (χ2n) is 4.36. The monoisotopic (exact) mass is 240 g/mol. The van der Waals surface area contributed by atoms with E-state index in [1.165, 1.54) is 0 Å². The molecule has 0 saturated carbocycles. The van der Waals surface area contributed by atoms with Gasteiger partial charge in [-0.1, -0.05) is 11.6 Å². The Morgan fingerprint density at radius 1 is 1.56 bits per heavy atom. The van der Waals surface area contributed by atoms with Crippen molar-refractivity contribution < 1.29 is 4.74 Å². The molecule has 1 aliphatic heterocycles. The molecule has 0 spiro atoms. The van der Waals surface area contributed by atoms with Gasteiger partial charge in [-0.2, -0.15) is 0 Å². The number of nitrogens with zero attached hydrogens (tertiary/aromatic N) is 1. The smallest absolute Gasteiger partial charge is 0.132 e. The SMILES string of the molecule is Cc1cc(NCC2CCC(C)O2)cnc1Cl. The number of halogens is 1. The van der Waals surface area contributed by atoms with E-state index >= 15 is 0 Å². The van der Waals surface area contributed by atoms with Crippen molar-refractivity contribution in [2.45, 2.75) is 38.9 Å². The first-order valence-corrected chi connectivity index (χ1v) is 6.04. The predicted octanol–water partition coefficient (Wildman–Crippen LogP) is 3.02. The van der Waals surface area contributed by atoms with Crippen LogP contribution in [0.15, 0.2) is 12.3 Å². The molecular weight excluding hydrogens is 224 g/mol. The molecule has 0 bridgehead atoms. The Balaban J connectivity index is 1.87. The van der Waals surface area contributed by atoms with Crippen LogP contribution in [0.2, 0.25) is 5.15 Å². The van der Waals surface area contributed by atoms with E-state index in [4.69, 9.17) is 16.3 Å². The average Bonchev–Trinajstić information content (AvgIpc) is 2.66. The predicted molar refractivity (Wildman–Crippen MR) is 66.0 cm³/mol. The van der Waals surface area contributed by atoms with Crippen molar-refractivity contribution in [1.82, 2.24) is 4.98 Å². The van der Waals surface area contributed by atoms with Gasteiger partial charge in [-0.05, 0) is 38.3 Å². The van der Waals surface area contributed by atoms with E-state index < -0.39 is 0 Å². The number of ether oxygens (including phenoxy) is 1. The number of nitrogens with one attached hydrogen (secondary N) is 1. The van der Waals surface area contributed by atoms with Crippen LogP contribution in [0.3, 0.4) is 0 Å². The lowest BCUT2D eigenvalue weighted by Crippen LogP contribution is -2.19. The molecule has 1 aliphatic rings. The number of aromatic nitrogens is 1. The van der Waals surface area contributed by atoms with Gasteiger partial charge in [-0.3, -0.25) is 0 Å². The third-order valence-electron chi connectivity index (χ3n) is 2.87. The number of pyridine rings is 1. The molecule has 1 fully saturated rings. The Kier molecular flexibility index (Phi) is 3.66. The van der Waals surface area contributed by atoms with Crippen LogP contribution in [-0.4, -0.2) is 23.7 Å². The molecule has 2 rings (SSSR count). The van der Waals surface area contributed by atoms with Gasteiger partial charge in [0.2, 0.25) is 0 Å². The fraction of sp³-hybridized carbons (Fsp3) is 0.583. The molecule has 0 radical (unpaired) electrons. The first-order valence-electron chi connectivity index (χ1n) is 5.66. The zero-order valence-corrected chi connectivity index (χ0v) is 10.4. The Bertz CT molecular complexity index is 370. The normalized spacial score (nSPS) is 24.7. The van der Waals surface area contributed by atoms with E-state index in [1.54, 1.807) is 6.20 Å². The summed E-state index contributed by atoms with van der Waals surface area (Å²) in [5.74, 6) is 0. The Labute approximate surface area is 101 Å².